The van der Waals surface area contributed by atoms with E-state index >= 15 is 0 Å². The number of imide groups is 1. The molecule has 1 aromatic carbocycles. The first-order valence-electron chi connectivity index (χ1n) is 9.08. The molecule has 0 spiro atoms. The van der Waals surface area contributed by atoms with E-state index in [0.717, 1.165) is 15.5 Å². The number of fused-ring (bicyclic) bond motifs is 1. The van der Waals surface area contributed by atoms with Crippen LogP contribution in [0, 0.1) is 0 Å². The fourth-order valence-corrected chi connectivity index (χ4v) is 4.48. The van der Waals surface area contributed by atoms with Gasteiger partial charge in [-0.1, -0.05) is 12.1 Å². The van der Waals surface area contributed by atoms with E-state index in [9.17, 15) is 14.4 Å². The van der Waals surface area contributed by atoms with Crippen LogP contribution in [0.15, 0.2) is 54.2 Å². The molecule has 0 radical (unpaired) electrons. The summed E-state index contributed by atoms with van der Waals surface area (Å²) in [5.41, 5.74) is 1.81. The average molecular weight is 408 g/mol. The Labute approximate surface area is 169 Å². The van der Waals surface area contributed by atoms with Gasteiger partial charge in [0.2, 0.25) is 0 Å². The fraction of sp³-hybridized carbons (Fsp3) is 0.200. The van der Waals surface area contributed by atoms with Crippen LogP contribution in [0.5, 0.6) is 0 Å². The maximum absolute atomic E-state index is 12.5. The zero-order valence-corrected chi connectivity index (χ0v) is 16.0. The van der Waals surface area contributed by atoms with E-state index in [0.29, 0.717) is 17.7 Å². The number of hydrogen-bond acceptors (Lipinski definition) is 6. The Morgan fingerprint density at radius 3 is 2.55 bits per heavy atom. The van der Waals surface area contributed by atoms with Crippen LogP contribution >= 0.6 is 11.3 Å². The number of aromatic nitrogens is 2. The van der Waals surface area contributed by atoms with Crippen LogP contribution in [-0.2, 0) is 11.3 Å². The van der Waals surface area contributed by atoms with E-state index in [1.54, 1.807) is 40.0 Å². The lowest BCUT2D eigenvalue weighted by Crippen LogP contribution is -2.38. The van der Waals surface area contributed by atoms with E-state index in [1.807, 2.05) is 23.7 Å². The number of carbonyl (C=O) groups excluding carboxylic acids is 3. The quantitative estimate of drug-likeness (QED) is 0.606. The van der Waals surface area contributed by atoms with E-state index < -0.39 is 12.2 Å². The molecule has 3 aromatic rings. The minimum absolute atomic E-state index is 0.0418. The van der Waals surface area contributed by atoms with Crippen LogP contribution in [0.3, 0.4) is 0 Å². The highest BCUT2D eigenvalue weighted by molar-refractivity contribution is 7.14. The molecule has 0 aliphatic carbocycles. The second-order valence-corrected chi connectivity index (χ2v) is 7.77. The maximum atomic E-state index is 12.5. The molecule has 29 heavy (non-hydrogen) atoms. The smallest absolute Gasteiger partial charge is 0.415 e. The van der Waals surface area contributed by atoms with Crippen LogP contribution in [0.25, 0.3) is 0 Å². The van der Waals surface area contributed by atoms with E-state index in [2.05, 4.69) is 5.10 Å². The number of amides is 3. The summed E-state index contributed by atoms with van der Waals surface area (Å²) < 4.78 is 7.24. The van der Waals surface area contributed by atoms with Gasteiger partial charge in [-0.2, -0.15) is 5.10 Å². The summed E-state index contributed by atoms with van der Waals surface area (Å²) in [6, 6.07) is 10.5. The Balaban J connectivity index is 1.27. The summed E-state index contributed by atoms with van der Waals surface area (Å²) in [6.07, 6.45) is 2.55. The molecule has 8 nitrogen and oxygen atoms in total. The highest BCUT2D eigenvalue weighted by Crippen LogP contribution is 2.30. The molecule has 0 saturated carbocycles. The maximum Gasteiger partial charge on any atom is 0.415 e. The number of ether oxygens (including phenoxy) is 1. The zero-order valence-electron chi connectivity index (χ0n) is 15.2. The third kappa shape index (κ3) is 3.09. The lowest BCUT2D eigenvalue weighted by atomic mass is 10.1. The molecular formula is C20H16N4O4S. The number of anilines is 1. The van der Waals surface area contributed by atoms with Crippen molar-refractivity contribution < 1.29 is 19.1 Å². The SMILES string of the molecule is O=C1c2ccccc2C(=O)N1C[C@H]1CN(c2cc(Cn3cccn3)cs2)C(=O)O1. The minimum atomic E-state index is -0.568. The third-order valence-corrected chi connectivity index (χ3v) is 5.95. The molecule has 0 unspecified atom stereocenters. The van der Waals surface area contributed by atoms with Crippen molar-refractivity contribution in [3.8, 4) is 0 Å². The Hall–Kier alpha value is -3.46. The van der Waals surface area contributed by atoms with Crippen LogP contribution in [0.2, 0.25) is 0 Å². The second kappa shape index (κ2) is 6.85. The summed E-state index contributed by atoms with van der Waals surface area (Å²) >= 11 is 1.44. The molecule has 9 heteroatoms. The lowest BCUT2D eigenvalue weighted by molar-refractivity contribution is 0.0558. The molecule has 4 heterocycles. The van der Waals surface area contributed by atoms with E-state index in [-0.39, 0.29) is 24.9 Å². The summed E-state index contributed by atoms with van der Waals surface area (Å²) in [6.45, 7) is 0.943. The highest BCUT2D eigenvalue weighted by atomic mass is 32.1. The summed E-state index contributed by atoms with van der Waals surface area (Å²) in [4.78, 5) is 40.1. The van der Waals surface area contributed by atoms with Crippen LogP contribution in [0.1, 0.15) is 26.3 Å². The average Bonchev–Trinajstić information content (AvgIpc) is 3.50. The van der Waals surface area contributed by atoms with Crippen LogP contribution in [0.4, 0.5) is 9.80 Å². The van der Waals surface area contributed by atoms with Gasteiger partial charge in [0, 0.05) is 12.4 Å². The number of rotatable bonds is 5. The Morgan fingerprint density at radius 2 is 1.86 bits per heavy atom. The van der Waals surface area contributed by atoms with Gasteiger partial charge in [-0.15, -0.1) is 11.3 Å². The molecule has 2 aliphatic heterocycles. The first-order valence-corrected chi connectivity index (χ1v) is 9.96. The van der Waals surface area contributed by atoms with Crippen molar-refractivity contribution in [1.82, 2.24) is 14.7 Å². The summed E-state index contributed by atoms with van der Waals surface area (Å²) in [5.74, 6) is -0.699. The Bertz CT molecular complexity index is 1070. The molecule has 146 valence electrons. The van der Waals surface area contributed by atoms with Gasteiger partial charge in [0.05, 0.1) is 30.8 Å². The van der Waals surface area contributed by atoms with Crippen molar-refractivity contribution in [2.24, 2.45) is 0 Å². The van der Waals surface area contributed by atoms with E-state index in [1.165, 1.54) is 11.3 Å². The third-order valence-electron chi connectivity index (χ3n) is 4.95. The van der Waals surface area contributed by atoms with Crippen molar-refractivity contribution >= 4 is 34.2 Å². The number of thiophene rings is 1. The van der Waals surface area contributed by atoms with Gasteiger partial charge in [-0.25, -0.2) is 4.79 Å². The number of benzene rings is 1. The largest absolute Gasteiger partial charge is 0.442 e. The van der Waals surface area contributed by atoms with Crippen LogP contribution < -0.4 is 4.90 Å². The van der Waals surface area contributed by atoms with Crippen molar-refractivity contribution in [1.29, 1.82) is 0 Å². The van der Waals surface area contributed by atoms with Gasteiger partial charge in [-0.3, -0.25) is 24.1 Å². The number of hydrogen-bond donors (Lipinski definition) is 0. The summed E-state index contributed by atoms with van der Waals surface area (Å²) in [7, 11) is 0. The summed E-state index contributed by atoms with van der Waals surface area (Å²) in [5, 5.41) is 6.92. The Kier molecular flexibility index (Phi) is 4.17. The fourth-order valence-electron chi connectivity index (χ4n) is 3.57. The zero-order chi connectivity index (χ0) is 20.0. The monoisotopic (exact) mass is 408 g/mol. The first-order chi connectivity index (χ1) is 14.1. The predicted octanol–water partition coefficient (Wildman–Crippen LogP) is 2.61. The standard InChI is InChI=1S/C20H16N4O4S/c25-18-15-4-1-2-5-16(15)19(26)24(18)11-14-10-23(20(27)28-14)17-8-13(12-29-17)9-22-7-3-6-21-22/h1-8,12,14H,9-11H2/t14-/m1/s1. The lowest BCUT2D eigenvalue weighted by Gasteiger charge is -2.17. The molecule has 0 N–H and O–H groups in total. The van der Waals surface area contributed by atoms with Crippen molar-refractivity contribution in [2.45, 2.75) is 12.6 Å². The predicted molar refractivity (Wildman–Crippen MR) is 105 cm³/mol. The number of carbonyl (C=O) groups is 3. The second-order valence-electron chi connectivity index (χ2n) is 6.88. The molecule has 2 aromatic heterocycles. The van der Waals surface area contributed by atoms with Crippen molar-refractivity contribution in [2.75, 3.05) is 18.0 Å². The van der Waals surface area contributed by atoms with Gasteiger partial charge in [0.15, 0.2) is 0 Å². The molecule has 1 fully saturated rings. The van der Waals surface area contributed by atoms with Crippen molar-refractivity contribution in [3.63, 3.8) is 0 Å². The van der Waals surface area contributed by atoms with Gasteiger partial charge in [0.25, 0.3) is 11.8 Å². The highest BCUT2D eigenvalue weighted by Gasteiger charge is 2.40. The molecule has 3 amide bonds. The Morgan fingerprint density at radius 1 is 1.10 bits per heavy atom. The molecule has 0 bridgehead atoms. The van der Waals surface area contributed by atoms with Gasteiger partial charge in [-0.05, 0) is 35.2 Å². The molecule has 5 rings (SSSR count). The van der Waals surface area contributed by atoms with Gasteiger partial charge >= 0.3 is 6.09 Å². The molecular weight excluding hydrogens is 392 g/mol. The minimum Gasteiger partial charge on any atom is -0.442 e. The van der Waals surface area contributed by atoms with E-state index in [4.69, 9.17) is 4.74 Å². The topological polar surface area (TPSA) is 84.7 Å². The van der Waals surface area contributed by atoms with Gasteiger partial charge in [0.1, 0.15) is 11.1 Å². The van der Waals surface area contributed by atoms with Crippen LogP contribution in [-0.4, -0.2) is 51.8 Å². The first kappa shape index (κ1) is 17.6. The van der Waals surface area contributed by atoms with Gasteiger partial charge < -0.3 is 4.74 Å². The normalized spacial score (nSPS) is 18.5. The molecule has 2 aliphatic rings. The molecule has 1 atom stereocenters. The number of cyclic esters (lactones) is 1. The van der Waals surface area contributed by atoms with Crippen molar-refractivity contribution in [3.05, 3.63) is 70.9 Å². The number of nitrogens with zero attached hydrogens (tertiary/aromatic N) is 4. The molecule has 1 saturated heterocycles.